The molecule has 1 aromatic heterocycles. The number of nitrogens with one attached hydrogen (secondary N) is 2. The van der Waals surface area contributed by atoms with Crippen molar-refractivity contribution < 1.29 is 4.79 Å². The Bertz CT molecular complexity index is 580. The fourth-order valence-electron chi connectivity index (χ4n) is 1.51. The molecule has 0 unspecified atom stereocenters. The Morgan fingerprint density at radius 1 is 1.44 bits per heavy atom. The normalized spacial score (nSPS) is 10.4. The highest BCUT2D eigenvalue weighted by Crippen LogP contribution is 2.20. The number of aromatic amines is 1. The number of carbonyl (C=O) groups is 1. The lowest BCUT2D eigenvalue weighted by molar-refractivity contribution is 0.0946. The van der Waals surface area contributed by atoms with E-state index >= 15 is 0 Å². The number of aryl methyl sites for hydroxylation is 1. The van der Waals surface area contributed by atoms with Crippen molar-refractivity contribution in [1.82, 2.24) is 15.3 Å². The molecule has 4 nitrogen and oxygen atoms in total. The standard InChI is InChI=1S/C12H11Cl2N3O/c1-7-11(17-6-16-7)12(18)15-5-8-2-3-9(13)4-10(8)14/h2-4,6H,5H2,1H3,(H,15,18)(H,16,17). The molecule has 2 N–H and O–H groups in total. The van der Waals surface area contributed by atoms with Gasteiger partial charge in [-0.25, -0.2) is 4.98 Å². The number of halogens is 2. The minimum Gasteiger partial charge on any atom is -0.348 e. The average molecular weight is 284 g/mol. The maximum absolute atomic E-state index is 11.8. The van der Waals surface area contributed by atoms with Gasteiger partial charge in [-0.3, -0.25) is 4.79 Å². The summed E-state index contributed by atoms with van der Waals surface area (Å²) in [5.41, 5.74) is 1.93. The number of benzene rings is 1. The molecule has 1 aromatic carbocycles. The molecule has 0 saturated heterocycles. The van der Waals surface area contributed by atoms with E-state index < -0.39 is 0 Å². The Kier molecular flexibility index (Phi) is 3.89. The van der Waals surface area contributed by atoms with Crippen LogP contribution in [0.3, 0.4) is 0 Å². The molecule has 1 heterocycles. The summed E-state index contributed by atoms with van der Waals surface area (Å²) in [4.78, 5) is 18.6. The molecule has 0 aliphatic carbocycles. The number of aromatic nitrogens is 2. The second-order valence-corrected chi connectivity index (χ2v) is 4.64. The highest BCUT2D eigenvalue weighted by molar-refractivity contribution is 6.35. The van der Waals surface area contributed by atoms with Crippen LogP contribution in [0.2, 0.25) is 10.0 Å². The topological polar surface area (TPSA) is 57.8 Å². The third-order valence-corrected chi connectivity index (χ3v) is 3.09. The molecule has 18 heavy (non-hydrogen) atoms. The van der Waals surface area contributed by atoms with Crippen molar-refractivity contribution >= 4 is 29.1 Å². The lowest BCUT2D eigenvalue weighted by Gasteiger charge is -2.06. The number of carbonyl (C=O) groups excluding carboxylic acids is 1. The Hall–Kier alpha value is -1.52. The van der Waals surface area contributed by atoms with Crippen molar-refractivity contribution in [2.24, 2.45) is 0 Å². The zero-order chi connectivity index (χ0) is 13.1. The van der Waals surface area contributed by atoms with E-state index in [-0.39, 0.29) is 5.91 Å². The van der Waals surface area contributed by atoms with Crippen LogP contribution in [0.15, 0.2) is 24.5 Å². The van der Waals surface area contributed by atoms with Gasteiger partial charge in [0.1, 0.15) is 5.69 Å². The van der Waals surface area contributed by atoms with Crippen LogP contribution in [0.4, 0.5) is 0 Å². The van der Waals surface area contributed by atoms with E-state index in [1.165, 1.54) is 6.33 Å². The van der Waals surface area contributed by atoms with Crippen molar-refractivity contribution in [2.75, 3.05) is 0 Å². The van der Waals surface area contributed by atoms with Gasteiger partial charge in [0.05, 0.1) is 6.33 Å². The van der Waals surface area contributed by atoms with E-state index in [1.807, 2.05) is 0 Å². The third kappa shape index (κ3) is 2.83. The molecule has 0 spiro atoms. The number of imidazole rings is 1. The molecular weight excluding hydrogens is 273 g/mol. The number of rotatable bonds is 3. The van der Waals surface area contributed by atoms with Crippen molar-refractivity contribution in [2.45, 2.75) is 13.5 Å². The van der Waals surface area contributed by atoms with E-state index in [0.29, 0.717) is 22.3 Å². The molecular formula is C12H11Cl2N3O. The van der Waals surface area contributed by atoms with Crippen LogP contribution in [0.5, 0.6) is 0 Å². The van der Waals surface area contributed by atoms with E-state index in [2.05, 4.69) is 15.3 Å². The first-order valence-electron chi connectivity index (χ1n) is 5.30. The molecule has 1 amide bonds. The van der Waals surface area contributed by atoms with Gasteiger partial charge in [0.2, 0.25) is 0 Å². The lowest BCUT2D eigenvalue weighted by Crippen LogP contribution is -2.24. The second-order valence-electron chi connectivity index (χ2n) is 3.79. The fourth-order valence-corrected chi connectivity index (χ4v) is 1.99. The van der Waals surface area contributed by atoms with Crippen LogP contribution in [-0.4, -0.2) is 15.9 Å². The van der Waals surface area contributed by atoms with E-state index in [4.69, 9.17) is 23.2 Å². The highest BCUT2D eigenvalue weighted by Gasteiger charge is 2.11. The van der Waals surface area contributed by atoms with E-state index in [1.54, 1.807) is 25.1 Å². The van der Waals surface area contributed by atoms with Gasteiger partial charge < -0.3 is 10.3 Å². The van der Waals surface area contributed by atoms with Gasteiger partial charge >= 0.3 is 0 Å². The predicted octanol–water partition coefficient (Wildman–Crippen LogP) is 2.95. The van der Waals surface area contributed by atoms with Crippen molar-refractivity contribution in [3.63, 3.8) is 0 Å². The first-order valence-corrected chi connectivity index (χ1v) is 6.05. The summed E-state index contributed by atoms with van der Waals surface area (Å²) in [6, 6.07) is 5.15. The summed E-state index contributed by atoms with van der Waals surface area (Å²) in [5, 5.41) is 3.85. The molecule has 94 valence electrons. The molecule has 0 radical (unpaired) electrons. The summed E-state index contributed by atoms with van der Waals surface area (Å²) in [6.45, 7) is 2.12. The zero-order valence-electron chi connectivity index (χ0n) is 9.63. The maximum Gasteiger partial charge on any atom is 0.272 e. The van der Waals surface area contributed by atoms with Gasteiger partial charge in [0.25, 0.3) is 5.91 Å². The maximum atomic E-state index is 11.8. The number of H-pyrrole nitrogens is 1. The summed E-state index contributed by atoms with van der Waals surface area (Å²) >= 11 is 11.8. The van der Waals surface area contributed by atoms with Gasteiger partial charge in [-0.05, 0) is 24.6 Å². The molecule has 0 aliphatic heterocycles. The van der Waals surface area contributed by atoms with Crippen molar-refractivity contribution in [3.8, 4) is 0 Å². The summed E-state index contributed by atoms with van der Waals surface area (Å²) in [6.07, 6.45) is 1.49. The molecule has 0 saturated carbocycles. The van der Waals surface area contributed by atoms with Crippen LogP contribution in [0.1, 0.15) is 21.7 Å². The molecule has 0 atom stereocenters. The van der Waals surface area contributed by atoms with Gasteiger partial charge in [0, 0.05) is 22.3 Å². The van der Waals surface area contributed by atoms with Gasteiger partial charge in [-0.1, -0.05) is 29.3 Å². The van der Waals surface area contributed by atoms with Gasteiger partial charge in [-0.2, -0.15) is 0 Å². The Morgan fingerprint density at radius 3 is 2.83 bits per heavy atom. The molecule has 2 rings (SSSR count). The first kappa shape index (κ1) is 12.9. The molecule has 0 bridgehead atoms. The smallest absolute Gasteiger partial charge is 0.272 e. The minimum atomic E-state index is -0.236. The number of hydrogen-bond acceptors (Lipinski definition) is 2. The average Bonchev–Trinajstić information content (AvgIpc) is 2.74. The quantitative estimate of drug-likeness (QED) is 0.910. The van der Waals surface area contributed by atoms with E-state index in [0.717, 1.165) is 11.3 Å². The fraction of sp³-hybridized carbons (Fsp3) is 0.167. The Balaban J connectivity index is 2.04. The van der Waals surface area contributed by atoms with Crippen LogP contribution in [-0.2, 0) is 6.54 Å². The van der Waals surface area contributed by atoms with Crippen LogP contribution < -0.4 is 5.32 Å². The monoisotopic (exact) mass is 283 g/mol. The summed E-state index contributed by atoms with van der Waals surface area (Å²) in [5.74, 6) is -0.236. The summed E-state index contributed by atoms with van der Waals surface area (Å²) < 4.78 is 0. The van der Waals surface area contributed by atoms with Crippen LogP contribution in [0, 0.1) is 6.92 Å². The van der Waals surface area contributed by atoms with E-state index in [9.17, 15) is 4.79 Å². The van der Waals surface area contributed by atoms with Crippen LogP contribution in [0.25, 0.3) is 0 Å². The number of amides is 1. The lowest BCUT2D eigenvalue weighted by atomic mass is 10.2. The SMILES string of the molecule is Cc1[nH]cnc1C(=O)NCc1ccc(Cl)cc1Cl. The number of nitrogens with zero attached hydrogens (tertiary/aromatic N) is 1. The first-order chi connectivity index (χ1) is 8.58. The van der Waals surface area contributed by atoms with Gasteiger partial charge in [0.15, 0.2) is 0 Å². The molecule has 0 fully saturated rings. The molecule has 2 aromatic rings. The highest BCUT2D eigenvalue weighted by atomic mass is 35.5. The largest absolute Gasteiger partial charge is 0.348 e. The third-order valence-electron chi connectivity index (χ3n) is 2.50. The molecule has 6 heteroatoms. The Morgan fingerprint density at radius 2 is 2.22 bits per heavy atom. The van der Waals surface area contributed by atoms with Crippen molar-refractivity contribution in [3.05, 3.63) is 51.5 Å². The van der Waals surface area contributed by atoms with Gasteiger partial charge in [-0.15, -0.1) is 0 Å². The number of hydrogen-bond donors (Lipinski definition) is 2. The zero-order valence-corrected chi connectivity index (χ0v) is 11.1. The molecule has 0 aliphatic rings. The predicted molar refractivity (Wildman–Crippen MR) is 71.0 cm³/mol. The Labute approximate surface area is 114 Å². The minimum absolute atomic E-state index is 0.236. The summed E-state index contributed by atoms with van der Waals surface area (Å²) in [7, 11) is 0. The van der Waals surface area contributed by atoms with Crippen molar-refractivity contribution in [1.29, 1.82) is 0 Å². The van der Waals surface area contributed by atoms with Crippen LogP contribution >= 0.6 is 23.2 Å². The second kappa shape index (κ2) is 5.42.